The predicted octanol–water partition coefficient (Wildman–Crippen LogP) is 1.04. The van der Waals surface area contributed by atoms with Crippen molar-refractivity contribution in [3.63, 3.8) is 0 Å². The fourth-order valence-electron chi connectivity index (χ4n) is 3.10. The van der Waals surface area contributed by atoms with Crippen molar-refractivity contribution in [1.29, 1.82) is 0 Å². The van der Waals surface area contributed by atoms with Crippen LogP contribution in [0.3, 0.4) is 0 Å². The molecule has 2 amide bonds. The molecule has 1 aliphatic heterocycles. The molecular weight excluding hydrogens is 306 g/mol. The topological polar surface area (TPSA) is 78.4 Å². The molecule has 2 heterocycles. The summed E-state index contributed by atoms with van der Waals surface area (Å²) in [5.74, 6) is 1.43. The van der Waals surface area contributed by atoms with Crippen LogP contribution >= 0.6 is 0 Å². The largest absolute Gasteiger partial charge is 0.362 e. The van der Waals surface area contributed by atoms with Crippen LogP contribution < -0.4 is 10.2 Å². The van der Waals surface area contributed by atoms with Gasteiger partial charge in [0.1, 0.15) is 17.7 Å². The normalized spacial score (nSPS) is 14.8. The summed E-state index contributed by atoms with van der Waals surface area (Å²) in [6, 6.07) is -0.453. The number of nitrogens with zero attached hydrogens (tertiary/aromatic N) is 4. The van der Waals surface area contributed by atoms with Gasteiger partial charge in [0.2, 0.25) is 11.8 Å². The number of amides is 2. The highest BCUT2D eigenvalue weighted by atomic mass is 16.2. The first-order chi connectivity index (χ1) is 11.3. The number of nitrogens with one attached hydrogen (secondary N) is 1. The minimum Gasteiger partial charge on any atom is -0.362 e. The van der Waals surface area contributed by atoms with Crippen molar-refractivity contribution in [2.45, 2.75) is 52.6 Å². The molecule has 1 N–H and O–H groups in total. The number of hydrogen-bond donors (Lipinski definition) is 1. The van der Waals surface area contributed by atoms with Gasteiger partial charge in [-0.25, -0.2) is 9.97 Å². The van der Waals surface area contributed by atoms with Crippen LogP contribution in [-0.2, 0) is 22.6 Å². The van der Waals surface area contributed by atoms with Gasteiger partial charge in [0.25, 0.3) is 0 Å². The Balaban J connectivity index is 2.22. The molecule has 2 rings (SSSR count). The molecule has 132 valence electrons. The third kappa shape index (κ3) is 4.01. The summed E-state index contributed by atoms with van der Waals surface area (Å²) >= 11 is 0. The van der Waals surface area contributed by atoms with Crippen molar-refractivity contribution in [2.75, 3.05) is 25.5 Å². The van der Waals surface area contributed by atoms with Gasteiger partial charge in [0.05, 0.1) is 12.2 Å². The molecule has 0 bridgehead atoms. The minimum atomic E-state index is -0.453. The van der Waals surface area contributed by atoms with E-state index in [4.69, 9.17) is 0 Å². The van der Waals surface area contributed by atoms with E-state index in [9.17, 15) is 9.59 Å². The Hall–Kier alpha value is -2.18. The lowest BCUT2D eigenvalue weighted by atomic mass is 10.0. The van der Waals surface area contributed by atoms with Crippen LogP contribution in [0.15, 0.2) is 0 Å². The van der Waals surface area contributed by atoms with Crippen LogP contribution in [0.2, 0.25) is 0 Å². The fourth-order valence-corrected chi connectivity index (χ4v) is 3.10. The van der Waals surface area contributed by atoms with E-state index >= 15 is 0 Å². The zero-order valence-electron chi connectivity index (χ0n) is 15.2. The molecule has 1 aromatic rings. The van der Waals surface area contributed by atoms with Gasteiger partial charge >= 0.3 is 0 Å². The Labute approximate surface area is 143 Å². The summed E-state index contributed by atoms with van der Waals surface area (Å²) < 4.78 is 0. The number of aryl methyl sites for hydroxylation is 1. The van der Waals surface area contributed by atoms with Gasteiger partial charge in [-0.2, -0.15) is 0 Å². The van der Waals surface area contributed by atoms with Crippen molar-refractivity contribution >= 4 is 17.6 Å². The summed E-state index contributed by atoms with van der Waals surface area (Å²) in [5, 5.41) is 2.77. The number of anilines is 1. The Kier molecular flexibility index (Phi) is 5.75. The second-order valence-corrected chi connectivity index (χ2v) is 6.47. The Morgan fingerprint density at radius 3 is 2.62 bits per heavy atom. The smallest absolute Gasteiger partial charge is 0.245 e. The van der Waals surface area contributed by atoms with Crippen molar-refractivity contribution in [2.24, 2.45) is 0 Å². The van der Waals surface area contributed by atoms with Crippen molar-refractivity contribution in [1.82, 2.24) is 20.2 Å². The van der Waals surface area contributed by atoms with Gasteiger partial charge in [-0.1, -0.05) is 13.3 Å². The molecule has 1 aromatic heterocycles. The number of hydrogen-bond acceptors (Lipinski definition) is 5. The second-order valence-electron chi connectivity index (χ2n) is 6.47. The van der Waals surface area contributed by atoms with E-state index in [0.717, 1.165) is 29.9 Å². The van der Waals surface area contributed by atoms with Crippen LogP contribution in [0.1, 0.15) is 43.8 Å². The quantitative estimate of drug-likeness (QED) is 0.871. The van der Waals surface area contributed by atoms with E-state index < -0.39 is 6.04 Å². The highest BCUT2D eigenvalue weighted by Gasteiger charge is 2.29. The van der Waals surface area contributed by atoms with Crippen molar-refractivity contribution < 1.29 is 9.59 Å². The van der Waals surface area contributed by atoms with Crippen LogP contribution in [0.25, 0.3) is 0 Å². The monoisotopic (exact) mass is 333 g/mol. The van der Waals surface area contributed by atoms with E-state index in [-0.39, 0.29) is 11.8 Å². The third-order valence-electron chi connectivity index (χ3n) is 4.14. The standard InChI is InChI=1S/C17H27N5O2/c1-6-7-14(20-12(3)23)17(24)22-9-8-13-15(10-22)18-11(2)19-16(13)21(4)5/h14H,6-10H2,1-5H3,(H,20,23)/t14-/m0/s1. The summed E-state index contributed by atoms with van der Waals surface area (Å²) in [6.07, 6.45) is 2.22. The summed E-state index contributed by atoms with van der Waals surface area (Å²) in [7, 11) is 3.93. The average Bonchev–Trinajstić information content (AvgIpc) is 2.51. The van der Waals surface area contributed by atoms with Gasteiger partial charge < -0.3 is 15.1 Å². The molecule has 7 nitrogen and oxygen atoms in total. The fraction of sp³-hybridized carbons (Fsp3) is 0.647. The van der Waals surface area contributed by atoms with E-state index in [0.29, 0.717) is 25.3 Å². The molecule has 1 atom stereocenters. The molecular formula is C17H27N5O2. The molecule has 1 aliphatic rings. The maximum Gasteiger partial charge on any atom is 0.245 e. The lowest BCUT2D eigenvalue weighted by Gasteiger charge is -2.33. The predicted molar refractivity (Wildman–Crippen MR) is 92.7 cm³/mol. The molecule has 0 unspecified atom stereocenters. The first-order valence-electron chi connectivity index (χ1n) is 8.43. The molecule has 0 saturated heterocycles. The maximum atomic E-state index is 12.8. The lowest BCUT2D eigenvalue weighted by molar-refractivity contribution is -0.137. The Bertz CT molecular complexity index is 630. The van der Waals surface area contributed by atoms with Gasteiger partial charge in [-0.15, -0.1) is 0 Å². The molecule has 0 fully saturated rings. The summed E-state index contributed by atoms with van der Waals surface area (Å²) in [4.78, 5) is 37.0. The molecule has 0 radical (unpaired) electrons. The van der Waals surface area contributed by atoms with Gasteiger partial charge in [0.15, 0.2) is 0 Å². The number of aromatic nitrogens is 2. The molecule has 0 saturated carbocycles. The van der Waals surface area contributed by atoms with Crippen LogP contribution in [0.5, 0.6) is 0 Å². The van der Waals surface area contributed by atoms with Gasteiger partial charge in [-0.05, 0) is 19.8 Å². The minimum absolute atomic E-state index is 0.0274. The zero-order valence-corrected chi connectivity index (χ0v) is 15.2. The van der Waals surface area contributed by atoms with E-state index in [2.05, 4.69) is 15.3 Å². The number of carbonyl (C=O) groups excluding carboxylic acids is 2. The second kappa shape index (κ2) is 7.59. The van der Waals surface area contributed by atoms with E-state index in [1.54, 1.807) is 4.90 Å². The van der Waals surface area contributed by atoms with Crippen LogP contribution in [-0.4, -0.2) is 53.4 Å². The van der Waals surface area contributed by atoms with Crippen molar-refractivity contribution in [3.05, 3.63) is 17.1 Å². The molecule has 0 aliphatic carbocycles. The van der Waals surface area contributed by atoms with Crippen LogP contribution in [0, 0.1) is 6.92 Å². The molecule has 0 spiro atoms. The molecule has 24 heavy (non-hydrogen) atoms. The number of rotatable bonds is 5. The van der Waals surface area contributed by atoms with E-state index in [1.807, 2.05) is 32.8 Å². The Morgan fingerprint density at radius 1 is 1.33 bits per heavy atom. The lowest BCUT2D eigenvalue weighted by Crippen LogP contribution is -2.49. The maximum absolute atomic E-state index is 12.8. The zero-order chi connectivity index (χ0) is 17.9. The Morgan fingerprint density at radius 2 is 2.04 bits per heavy atom. The third-order valence-corrected chi connectivity index (χ3v) is 4.14. The van der Waals surface area contributed by atoms with Crippen molar-refractivity contribution in [3.8, 4) is 0 Å². The van der Waals surface area contributed by atoms with Crippen LogP contribution in [0.4, 0.5) is 5.82 Å². The first kappa shape index (κ1) is 18.2. The summed E-state index contributed by atoms with van der Waals surface area (Å²) in [6.45, 7) is 6.41. The number of fused-ring (bicyclic) bond motifs is 1. The summed E-state index contributed by atoms with van der Waals surface area (Å²) in [5.41, 5.74) is 2.02. The van der Waals surface area contributed by atoms with Gasteiger partial charge in [0, 0.05) is 33.1 Å². The van der Waals surface area contributed by atoms with E-state index in [1.165, 1.54) is 6.92 Å². The highest BCUT2D eigenvalue weighted by molar-refractivity contribution is 5.87. The molecule has 7 heteroatoms. The first-order valence-corrected chi connectivity index (χ1v) is 8.43. The molecule has 0 aromatic carbocycles. The number of carbonyl (C=O) groups is 2. The average molecular weight is 333 g/mol. The highest BCUT2D eigenvalue weighted by Crippen LogP contribution is 2.25. The van der Waals surface area contributed by atoms with Gasteiger partial charge in [-0.3, -0.25) is 9.59 Å². The SMILES string of the molecule is CCC[C@H](NC(C)=O)C(=O)N1CCc2c(nc(C)nc2N(C)C)C1.